The van der Waals surface area contributed by atoms with Crippen molar-refractivity contribution in [1.29, 1.82) is 0 Å². The van der Waals surface area contributed by atoms with Crippen molar-refractivity contribution in [2.75, 3.05) is 5.32 Å². The third kappa shape index (κ3) is 4.35. The fraction of sp³-hybridized carbons (Fsp3) is 0.235. The number of nitrogens with one attached hydrogen (secondary N) is 2. The molecule has 0 bridgehead atoms. The molecule has 1 atom stereocenters. The summed E-state index contributed by atoms with van der Waals surface area (Å²) in [4.78, 5) is 12.4. The van der Waals surface area contributed by atoms with Gasteiger partial charge in [-0.25, -0.2) is 8.42 Å². The highest BCUT2D eigenvalue weighted by molar-refractivity contribution is 7.89. The fourth-order valence-corrected chi connectivity index (χ4v) is 3.43. The maximum atomic E-state index is 12.3. The number of anilines is 1. The Kier molecular flexibility index (Phi) is 5.64. The molecule has 0 heterocycles. The van der Waals surface area contributed by atoms with Gasteiger partial charge in [-0.1, -0.05) is 35.4 Å². The standard InChI is InChI=1S/C17H19ClN2O3S/c1-11-7-9-14(10-8-11)24(22,23)20-13(3)17(21)19-16-6-4-5-15(18)12(16)2/h4-10,13,20H,1-3H3,(H,19,21). The minimum Gasteiger partial charge on any atom is -0.324 e. The van der Waals surface area contributed by atoms with Crippen molar-refractivity contribution in [1.82, 2.24) is 4.72 Å². The summed E-state index contributed by atoms with van der Waals surface area (Å²) in [5.74, 6) is -0.462. The van der Waals surface area contributed by atoms with Gasteiger partial charge in [-0.05, 0) is 50.6 Å². The van der Waals surface area contributed by atoms with Crippen molar-refractivity contribution in [3.8, 4) is 0 Å². The van der Waals surface area contributed by atoms with Crippen LogP contribution < -0.4 is 10.0 Å². The lowest BCUT2D eigenvalue weighted by Crippen LogP contribution is -2.41. The Morgan fingerprint density at radius 3 is 2.33 bits per heavy atom. The number of hydrogen-bond acceptors (Lipinski definition) is 3. The zero-order valence-corrected chi connectivity index (χ0v) is 15.2. The first-order chi connectivity index (χ1) is 11.2. The lowest BCUT2D eigenvalue weighted by Gasteiger charge is -2.16. The second-order valence-electron chi connectivity index (χ2n) is 5.56. The molecule has 5 nitrogen and oxygen atoms in total. The minimum atomic E-state index is -3.77. The number of halogens is 1. The molecule has 0 aromatic heterocycles. The maximum Gasteiger partial charge on any atom is 0.242 e. The van der Waals surface area contributed by atoms with Crippen LogP contribution in [0.4, 0.5) is 5.69 Å². The van der Waals surface area contributed by atoms with Crippen LogP contribution in [0.3, 0.4) is 0 Å². The molecule has 0 spiro atoms. The van der Waals surface area contributed by atoms with Gasteiger partial charge in [0.05, 0.1) is 10.9 Å². The van der Waals surface area contributed by atoms with Gasteiger partial charge in [-0.2, -0.15) is 4.72 Å². The molecule has 0 aliphatic heterocycles. The van der Waals surface area contributed by atoms with E-state index in [9.17, 15) is 13.2 Å². The van der Waals surface area contributed by atoms with Crippen molar-refractivity contribution >= 4 is 33.2 Å². The Balaban J connectivity index is 2.11. The van der Waals surface area contributed by atoms with Crippen LogP contribution in [-0.4, -0.2) is 20.4 Å². The third-order valence-electron chi connectivity index (χ3n) is 3.58. The van der Waals surface area contributed by atoms with E-state index >= 15 is 0 Å². The highest BCUT2D eigenvalue weighted by Gasteiger charge is 2.22. The number of carbonyl (C=O) groups excluding carboxylic acids is 1. The summed E-state index contributed by atoms with van der Waals surface area (Å²) < 4.78 is 27.0. The average molecular weight is 367 g/mol. The molecule has 2 aromatic rings. The summed E-state index contributed by atoms with van der Waals surface area (Å²) in [6.45, 7) is 5.13. The van der Waals surface area contributed by atoms with E-state index in [1.54, 1.807) is 37.3 Å². The number of amides is 1. The second kappa shape index (κ2) is 7.34. The van der Waals surface area contributed by atoms with E-state index in [-0.39, 0.29) is 4.90 Å². The van der Waals surface area contributed by atoms with Crippen molar-refractivity contribution in [3.63, 3.8) is 0 Å². The van der Waals surface area contributed by atoms with E-state index in [1.165, 1.54) is 19.1 Å². The molecule has 2 N–H and O–H groups in total. The first-order valence-corrected chi connectivity index (χ1v) is 9.22. The van der Waals surface area contributed by atoms with Gasteiger partial charge >= 0.3 is 0 Å². The van der Waals surface area contributed by atoms with E-state index in [4.69, 9.17) is 11.6 Å². The van der Waals surface area contributed by atoms with Crippen LogP contribution in [0.15, 0.2) is 47.4 Å². The third-order valence-corrected chi connectivity index (χ3v) is 5.55. The molecular formula is C17H19ClN2O3S. The lowest BCUT2D eigenvalue weighted by atomic mass is 10.2. The molecular weight excluding hydrogens is 348 g/mol. The molecule has 2 rings (SSSR count). The molecule has 0 saturated heterocycles. The monoisotopic (exact) mass is 366 g/mol. The quantitative estimate of drug-likeness (QED) is 0.852. The molecule has 0 aliphatic rings. The normalized spacial score (nSPS) is 12.7. The molecule has 0 saturated carbocycles. The summed E-state index contributed by atoms with van der Waals surface area (Å²) in [5.41, 5.74) is 2.23. The molecule has 0 aliphatic carbocycles. The van der Waals surface area contributed by atoms with E-state index in [0.29, 0.717) is 10.7 Å². The molecule has 7 heteroatoms. The summed E-state index contributed by atoms with van der Waals surface area (Å²) in [5, 5.41) is 3.21. The van der Waals surface area contributed by atoms with Crippen LogP contribution in [-0.2, 0) is 14.8 Å². The second-order valence-corrected chi connectivity index (χ2v) is 7.68. The Morgan fingerprint density at radius 1 is 1.08 bits per heavy atom. The Bertz CT molecular complexity index is 849. The predicted octanol–water partition coefficient (Wildman–Crippen LogP) is 3.26. The van der Waals surface area contributed by atoms with Crippen molar-refractivity contribution in [2.24, 2.45) is 0 Å². The number of aryl methyl sites for hydroxylation is 1. The van der Waals surface area contributed by atoms with Crippen molar-refractivity contribution in [3.05, 3.63) is 58.6 Å². The first-order valence-electron chi connectivity index (χ1n) is 7.35. The van der Waals surface area contributed by atoms with Crippen LogP contribution >= 0.6 is 11.6 Å². The molecule has 1 amide bonds. The number of rotatable bonds is 5. The van der Waals surface area contributed by atoms with E-state index in [0.717, 1.165) is 11.1 Å². The minimum absolute atomic E-state index is 0.117. The van der Waals surface area contributed by atoms with Gasteiger partial charge in [-0.3, -0.25) is 4.79 Å². The van der Waals surface area contributed by atoms with Crippen LogP contribution in [0.2, 0.25) is 5.02 Å². The highest BCUT2D eigenvalue weighted by Crippen LogP contribution is 2.23. The first kappa shape index (κ1) is 18.4. The Labute approximate surface area is 147 Å². The molecule has 128 valence electrons. The van der Waals surface area contributed by atoms with E-state index in [1.807, 2.05) is 6.92 Å². The zero-order valence-electron chi connectivity index (χ0n) is 13.6. The van der Waals surface area contributed by atoms with E-state index in [2.05, 4.69) is 10.0 Å². The summed E-state index contributed by atoms with van der Waals surface area (Å²) in [6.07, 6.45) is 0. The average Bonchev–Trinajstić information content (AvgIpc) is 2.51. The van der Waals surface area contributed by atoms with Crippen LogP contribution in [0.1, 0.15) is 18.1 Å². The van der Waals surface area contributed by atoms with Crippen molar-refractivity contribution in [2.45, 2.75) is 31.7 Å². The SMILES string of the molecule is Cc1ccc(S(=O)(=O)NC(C)C(=O)Nc2cccc(Cl)c2C)cc1. The number of hydrogen-bond donors (Lipinski definition) is 2. The van der Waals surface area contributed by atoms with Gasteiger partial charge in [0, 0.05) is 10.7 Å². The van der Waals surface area contributed by atoms with Gasteiger partial charge in [0.25, 0.3) is 0 Å². The zero-order chi connectivity index (χ0) is 17.9. The van der Waals surface area contributed by atoms with Crippen molar-refractivity contribution < 1.29 is 13.2 Å². The van der Waals surface area contributed by atoms with Crippen LogP contribution in [0, 0.1) is 13.8 Å². The topological polar surface area (TPSA) is 75.3 Å². The summed E-state index contributed by atoms with van der Waals surface area (Å²) in [7, 11) is -3.77. The number of benzene rings is 2. The summed E-state index contributed by atoms with van der Waals surface area (Å²) in [6, 6.07) is 10.6. The van der Waals surface area contributed by atoms with Gasteiger partial charge in [0.1, 0.15) is 0 Å². The fourth-order valence-electron chi connectivity index (χ4n) is 2.06. The van der Waals surface area contributed by atoms with Gasteiger partial charge in [0.15, 0.2) is 0 Å². The van der Waals surface area contributed by atoms with Gasteiger partial charge < -0.3 is 5.32 Å². The highest BCUT2D eigenvalue weighted by atomic mass is 35.5. The number of carbonyl (C=O) groups is 1. The molecule has 0 fully saturated rings. The summed E-state index contributed by atoms with van der Waals surface area (Å²) >= 11 is 6.01. The smallest absolute Gasteiger partial charge is 0.242 e. The Hall–Kier alpha value is -1.89. The van der Waals surface area contributed by atoms with Gasteiger partial charge in [0.2, 0.25) is 15.9 Å². The lowest BCUT2D eigenvalue weighted by molar-refractivity contribution is -0.117. The van der Waals surface area contributed by atoms with Crippen LogP contribution in [0.5, 0.6) is 0 Å². The predicted molar refractivity (Wildman–Crippen MR) is 95.8 cm³/mol. The largest absolute Gasteiger partial charge is 0.324 e. The molecule has 1 unspecified atom stereocenters. The molecule has 0 radical (unpaired) electrons. The molecule has 24 heavy (non-hydrogen) atoms. The molecule has 2 aromatic carbocycles. The maximum absolute atomic E-state index is 12.3. The Morgan fingerprint density at radius 2 is 1.71 bits per heavy atom. The van der Waals surface area contributed by atoms with E-state index < -0.39 is 22.0 Å². The number of sulfonamides is 1. The van der Waals surface area contributed by atoms with Gasteiger partial charge in [-0.15, -0.1) is 0 Å². The van der Waals surface area contributed by atoms with Crippen LogP contribution in [0.25, 0.3) is 0 Å².